The van der Waals surface area contributed by atoms with Crippen LogP contribution in [0, 0.1) is 0 Å². The van der Waals surface area contributed by atoms with Crippen molar-refractivity contribution in [3.8, 4) is 5.75 Å². The minimum absolute atomic E-state index is 0. The normalized spacial score (nSPS) is 7.21. The summed E-state index contributed by atoms with van der Waals surface area (Å²) in [5, 5.41) is 0. The summed E-state index contributed by atoms with van der Waals surface area (Å²) >= 11 is 0. The van der Waals surface area contributed by atoms with Gasteiger partial charge in [-0.15, -0.1) is 0 Å². The number of rotatable bonds is 2. The maximum absolute atomic E-state index is 10.8. The second-order valence-corrected chi connectivity index (χ2v) is 2.14. The number of ether oxygens (including phenoxy) is 1. The molecule has 6 N–H and O–H groups in total. The predicted octanol–water partition coefficient (Wildman–Crippen LogP) is -0.472. The summed E-state index contributed by atoms with van der Waals surface area (Å²) in [6, 6.07) is 9.06. The van der Waals surface area contributed by atoms with Crippen LogP contribution in [0.25, 0.3) is 0 Å². The number of carbonyl (C=O) groups is 1. The van der Waals surface area contributed by atoms with E-state index in [0.29, 0.717) is 12.2 Å². The van der Waals surface area contributed by atoms with E-state index in [2.05, 4.69) is 0 Å². The molecule has 0 atom stereocenters. The zero-order chi connectivity index (χ0) is 8.10. The third kappa shape index (κ3) is 6.13. The van der Waals surface area contributed by atoms with Crippen LogP contribution in [-0.4, -0.2) is 22.4 Å². The topological polar surface area (TPSA) is 121 Å². The number of esters is 1. The van der Waals surface area contributed by atoms with Gasteiger partial charge in [-0.3, -0.25) is 4.79 Å². The zero-order valence-corrected chi connectivity index (χ0v) is 7.91. The Morgan fingerprint density at radius 2 is 1.64 bits per heavy atom. The SMILES string of the molecule is CCC(=O)Oc1ccccc1.O.O.O. The number of para-hydroxylation sites is 1. The molecule has 0 saturated heterocycles. The molecule has 0 heterocycles. The molecule has 0 aliphatic rings. The van der Waals surface area contributed by atoms with Crippen LogP contribution in [0.4, 0.5) is 0 Å². The van der Waals surface area contributed by atoms with E-state index >= 15 is 0 Å². The quantitative estimate of drug-likeness (QED) is 0.477. The summed E-state index contributed by atoms with van der Waals surface area (Å²) in [5.74, 6) is 0.413. The van der Waals surface area contributed by atoms with Gasteiger partial charge in [-0.25, -0.2) is 0 Å². The van der Waals surface area contributed by atoms with E-state index < -0.39 is 0 Å². The second kappa shape index (κ2) is 9.66. The highest BCUT2D eigenvalue weighted by atomic mass is 16.5. The molecule has 0 amide bonds. The first-order chi connectivity index (χ1) is 5.33. The molecule has 5 heteroatoms. The Balaban J connectivity index is -0.000000403. The van der Waals surface area contributed by atoms with Crippen LogP contribution in [0.2, 0.25) is 0 Å². The molecule has 0 spiro atoms. The van der Waals surface area contributed by atoms with E-state index in [4.69, 9.17) is 4.74 Å². The van der Waals surface area contributed by atoms with E-state index in [9.17, 15) is 4.79 Å². The fourth-order valence-electron chi connectivity index (χ4n) is 0.692. The molecule has 0 bridgehead atoms. The molecule has 0 aliphatic heterocycles. The molecular weight excluding hydrogens is 188 g/mol. The maximum atomic E-state index is 10.8. The van der Waals surface area contributed by atoms with E-state index in [1.165, 1.54) is 0 Å². The summed E-state index contributed by atoms with van der Waals surface area (Å²) in [5.41, 5.74) is 0. The summed E-state index contributed by atoms with van der Waals surface area (Å²) in [6.07, 6.45) is 0.412. The highest BCUT2D eigenvalue weighted by Crippen LogP contribution is 2.08. The molecule has 0 unspecified atom stereocenters. The van der Waals surface area contributed by atoms with Crippen molar-refractivity contribution in [3.05, 3.63) is 30.3 Å². The van der Waals surface area contributed by atoms with Crippen molar-refractivity contribution in [3.63, 3.8) is 0 Å². The Hall–Kier alpha value is -1.43. The van der Waals surface area contributed by atoms with Gasteiger partial charge in [0.1, 0.15) is 5.75 Å². The van der Waals surface area contributed by atoms with Crippen LogP contribution in [0.15, 0.2) is 30.3 Å². The van der Waals surface area contributed by atoms with Crippen LogP contribution in [-0.2, 0) is 4.79 Å². The standard InChI is InChI=1S/C9H10O2.3H2O/c1-2-9(10)11-8-6-4-3-5-7-8;;;/h3-7H,2H2,1H3;3*1H2. The minimum Gasteiger partial charge on any atom is -0.427 e. The molecule has 5 nitrogen and oxygen atoms in total. The highest BCUT2D eigenvalue weighted by molar-refractivity contribution is 5.71. The Labute approximate surface area is 82.2 Å². The lowest BCUT2D eigenvalue weighted by atomic mass is 10.3. The third-order valence-electron chi connectivity index (χ3n) is 1.26. The fourth-order valence-corrected chi connectivity index (χ4v) is 0.692. The van der Waals surface area contributed by atoms with Crippen molar-refractivity contribution < 1.29 is 26.0 Å². The van der Waals surface area contributed by atoms with E-state index in [0.717, 1.165) is 0 Å². The van der Waals surface area contributed by atoms with Gasteiger partial charge in [0, 0.05) is 6.42 Å². The van der Waals surface area contributed by atoms with Gasteiger partial charge in [-0.05, 0) is 12.1 Å². The molecule has 0 radical (unpaired) electrons. The lowest BCUT2D eigenvalue weighted by Crippen LogP contribution is -2.04. The largest absolute Gasteiger partial charge is 0.427 e. The Morgan fingerprint density at radius 3 is 2.07 bits per heavy atom. The molecule has 0 fully saturated rings. The zero-order valence-electron chi connectivity index (χ0n) is 7.91. The van der Waals surface area contributed by atoms with Crippen molar-refractivity contribution in [1.82, 2.24) is 0 Å². The summed E-state index contributed by atoms with van der Waals surface area (Å²) in [4.78, 5) is 10.8. The third-order valence-corrected chi connectivity index (χ3v) is 1.26. The molecule has 0 aliphatic carbocycles. The van der Waals surface area contributed by atoms with Gasteiger partial charge in [0.05, 0.1) is 0 Å². The molecule has 82 valence electrons. The lowest BCUT2D eigenvalue weighted by Gasteiger charge is -1.99. The average molecular weight is 204 g/mol. The maximum Gasteiger partial charge on any atom is 0.310 e. The molecule has 0 aromatic heterocycles. The number of hydrogen-bond acceptors (Lipinski definition) is 2. The minimum atomic E-state index is -0.198. The van der Waals surface area contributed by atoms with Crippen LogP contribution in [0.5, 0.6) is 5.75 Å². The molecule has 14 heavy (non-hydrogen) atoms. The Kier molecular flexibility index (Phi) is 12.7. The average Bonchev–Trinajstić information content (AvgIpc) is 2.06. The smallest absolute Gasteiger partial charge is 0.310 e. The second-order valence-electron chi connectivity index (χ2n) is 2.14. The Bertz CT molecular complexity index is 234. The number of hydrogen-bond donors (Lipinski definition) is 0. The van der Waals surface area contributed by atoms with Crippen LogP contribution in [0.1, 0.15) is 13.3 Å². The molecular formula is C9H16O5. The monoisotopic (exact) mass is 204 g/mol. The predicted molar refractivity (Wildman–Crippen MR) is 53.2 cm³/mol. The summed E-state index contributed by atoms with van der Waals surface area (Å²) in [6.45, 7) is 1.77. The molecule has 1 rings (SSSR count). The first-order valence-electron chi connectivity index (χ1n) is 3.58. The van der Waals surface area contributed by atoms with Gasteiger partial charge < -0.3 is 21.2 Å². The van der Waals surface area contributed by atoms with Crippen molar-refractivity contribution in [1.29, 1.82) is 0 Å². The molecule has 1 aromatic rings. The summed E-state index contributed by atoms with van der Waals surface area (Å²) < 4.78 is 4.92. The Morgan fingerprint density at radius 1 is 1.14 bits per heavy atom. The van der Waals surface area contributed by atoms with Gasteiger partial charge in [-0.1, -0.05) is 25.1 Å². The van der Waals surface area contributed by atoms with E-state index in [1.54, 1.807) is 19.1 Å². The van der Waals surface area contributed by atoms with Gasteiger partial charge in [0.25, 0.3) is 0 Å². The van der Waals surface area contributed by atoms with Gasteiger partial charge in [-0.2, -0.15) is 0 Å². The lowest BCUT2D eigenvalue weighted by molar-refractivity contribution is -0.134. The number of benzene rings is 1. The van der Waals surface area contributed by atoms with Gasteiger partial charge in [0.15, 0.2) is 0 Å². The van der Waals surface area contributed by atoms with Crippen LogP contribution < -0.4 is 4.74 Å². The first-order valence-corrected chi connectivity index (χ1v) is 3.58. The van der Waals surface area contributed by atoms with Crippen LogP contribution >= 0.6 is 0 Å². The van der Waals surface area contributed by atoms with E-state index in [1.807, 2.05) is 18.2 Å². The van der Waals surface area contributed by atoms with Crippen molar-refractivity contribution in [2.45, 2.75) is 13.3 Å². The van der Waals surface area contributed by atoms with Gasteiger partial charge in [0.2, 0.25) is 0 Å². The van der Waals surface area contributed by atoms with Crippen LogP contribution in [0.3, 0.4) is 0 Å². The van der Waals surface area contributed by atoms with Gasteiger partial charge >= 0.3 is 5.97 Å². The van der Waals surface area contributed by atoms with Crippen molar-refractivity contribution >= 4 is 5.97 Å². The van der Waals surface area contributed by atoms with Crippen molar-refractivity contribution in [2.24, 2.45) is 0 Å². The fraction of sp³-hybridized carbons (Fsp3) is 0.222. The highest BCUT2D eigenvalue weighted by Gasteiger charge is 1.98. The first kappa shape index (κ1) is 18.4. The molecule has 1 aromatic carbocycles. The number of carbonyl (C=O) groups excluding carboxylic acids is 1. The summed E-state index contributed by atoms with van der Waals surface area (Å²) in [7, 11) is 0. The van der Waals surface area contributed by atoms with Crippen molar-refractivity contribution in [2.75, 3.05) is 0 Å². The van der Waals surface area contributed by atoms with E-state index in [-0.39, 0.29) is 22.4 Å². The molecule has 0 saturated carbocycles.